The predicted octanol–water partition coefficient (Wildman–Crippen LogP) is 4.12. The van der Waals surface area contributed by atoms with Crippen LogP contribution in [0.4, 0.5) is 39.2 Å². The number of hydrogen-bond acceptors (Lipinski definition) is 8. The van der Waals surface area contributed by atoms with Gasteiger partial charge in [-0.1, -0.05) is 0 Å². The molecule has 3 aromatic rings. The van der Waals surface area contributed by atoms with Crippen LogP contribution in [0, 0.1) is 18.2 Å². The van der Waals surface area contributed by atoms with Crippen molar-refractivity contribution < 1.29 is 18.7 Å². The molecule has 11 heteroatoms. The summed E-state index contributed by atoms with van der Waals surface area (Å²) in [7, 11) is 0. The monoisotopic (exact) mass is 465 g/mol. The summed E-state index contributed by atoms with van der Waals surface area (Å²) in [4.78, 5) is 36.3. The molecule has 1 aromatic carbocycles. The molecule has 2 amide bonds. The minimum atomic E-state index is -0.719. The Bertz CT molecular complexity index is 1280. The average Bonchev–Trinajstić information content (AvgIpc) is 2.85. The topological polar surface area (TPSA) is 130 Å². The Kier molecular flexibility index (Phi) is 6.01. The lowest BCUT2D eigenvalue weighted by Crippen LogP contribution is -2.33. The maximum absolute atomic E-state index is 14.4. The van der Waals surface area contributed by atoms with Crippen molar-refractivity contribution in [3.05, 3.63) is 47.9 Å². The molecule has 0 unspecified atom stereocenters. The third kappa shape index (κ3) is 5.20. The fourth-order valence-electron chi connectivity index (χ4n) is 3.22. The quantitative estimate of drug-likeness (QED) is 0.443. The molecule has 0 atom stereocenters. The number of aromatic nitrogens is 3. The molecular formula is C23H24FN7O3. The van der Waals surface area contributed by atoms with Gasteiger partial charge in [0, 0.05) is 18.3 Å². The summed E-state index contributed by atoms with van der Waals surface area (Å²) in [6, 6.07) is 8.60. The minimum Gasteiger partial charge on any atom is -0.489 e. The Balaban J connectivity index is 1.56. The second kappa shape index (κ2) is 8.93. The van der Waals surface area contributed by atoms with Crippen LogP contribution >= 0.6 is 0 Å². The van der Waals surface area contributed by atoms with E-state index < -0.39 is 11.2 Å². The molecule has 0 radical (unpaired) electrons. The van der Waals surface area contributed by atoms with Gasteiger partial charge in [-0.05, 0) is 56.7 Å². The maximum Gasteiger partial charge on any atom is 0.234 e. The van der Waals surface area contributed by atoms with Gasteiger partial charge in [-0.3, -0.25) is 9.59 Å². The number of rotatable bonds is 5. The number of aryl methyl sites for hydroxylation is 1. The van der Waals surface area contributed by atoms with Gasteiger partial charge in [0.15, 0.2) is 23.2 Å². The largest absolute Gasteiger partial charge is 0.489 e. The van der Waals surface area contributed by atoms with Crippen LogP contribution < -0.4 is 26.0 Å². The highest BCUT2D eigenvalue weighted by Gasteiger charge is 2.33. The molecule has 10 nitrogen and oxygen atoms in total. The number of fused-ring (bicyclic) bond motifs is 1. The standard InChI is InChI=1S/C23H24FN7O3/c1-12-7-14(26-13(2)32)9-15(8-12)27-22-25-10-16(24)19(31-22)28-18-6-5-17-20(29-18)30-21(33)23(3,4)11-34-17/h5-10H,11H2,1-4H3,(H,26,32)(H3,25,27,28,29,30,31,33). The number of nitrogens with zero attached hydrogens (tertiary/aromatic N) is 3. The molecular weight excluding hydrogens is 441 g/mol. The highest BCUT2D eigenvalue weighted by atomic mass is 19.1. The summed E-state index contributed by atoms with van der Waals surface area (Å²) in [5.41, 5.74) is 1.41. The lowest BCUT2D eigenvalue weighted by atomic mass is 9.94. The van der Waals surface area contributed by atoms with Crippen LogP contribution in [0.25, 0.3) is 0 Å². The van der Waals surface area contributed by atoms with Crippen molar-refractivity contribution in [2.45, 2.75) is 27.7 Å². The number of halogens is 1. The third-order valence-corrected chi connectivity index (χ3v) is 4.94. The zero-order valence-electron chi connectivity index (χ0n) is 19.1. The van der Waals surface area contributed by atoms with Crippen LogP contribution in [0.15, 0.2) is 36.5 Å². The summed E-state index contributed by atoms with van der Waals surface area (Å²) in [5, 5.41) is 11.3. The van der Waals surface area contributed by atoms with Gasteiger partial charge in [-0.15, -0.1) is 0 Å². The van der Waals surface area contributed by atoms with E-state index in [2.05, 4.69) is 36.2 Å². The molecule has 1 aliphatic rings. The Hall–Kier alpha value is -4.28. The molecule has 3 heterocycles. The lowest BCUT2D eigenvalue weighted by molar-refractivity contribution is -0.125. The van der Waals surface area contributed by atoms with Crippen LogP contribution in [0.1, 0.15) is 26.3 Å². The van der Waals surface area contributed by atoms with Crippen LogP contribution in [0.3, 0.4) is 0 Å². The molecule has 2 aromatic heterocycles. The molecule has 0 bridgehead atoms. The van der Waals surface area contributed by atoms with Gasteiger partial charge in [-0.25, -0.2) is 14.4 Å². The van der Waals surface area contributed by atoms with E-state index >= 15 is 0 Å². The summed E-state index contributed by atoms with van der Waals surface area (Å²) < 4.78 is 20.1. The van der Waals surface area contributed by atoms with E-state index in [1.807, 2.05) is 19.1 Å². The summed E-state index contributed by atoms with van der Waals surface area (Å²) >= 11 is 0. The fourth-order valence-corrected chi connectivity index (χ4v) is 3.22. The van der Waals surface area contributed by atoms with Crippen molar-refractivity contribution in [2.75, 3.05) is 27.9 Å². The second-order valence-electron chi connectivity index (χ2n) is 8.58. The van der Waals surface area contributed by atoms with Gasteiger partial charge in [0.25, 0.3) is 0 Å². The summed E-state index contributed by atoms with van der Waals surface area (Å²) in [6.45, 7) is 7.05. The SMILES string of the molecule is CC(=O)Nc1cc(C)cc(Nc2ncc(F)c(Nc3ccc4c(n3)NC(=O)C(C)(C)CO4)n2)c1. The van der Waals surface area contributed by atoms with E-state index in [1.54, 1.807) is 32.0 Å². The van der Waals surface area contributed by atoms with Crippen molar-refractivity contribution in [3.63, 3.8) is 0 Å². The van der Waals surface area contributed by atoms with E-state index in [0.29, 0.717) is 17.1 Å². The van der Waals surface area contributed by atoms with Crippen molar-refractivity contribution in [3.8, 4) is 5.75 Å². The number of ether oxygens (including phenoxy) is 1. The summed E-state index contributed by atoms with van der Waals surface area (Å²) in [6.07, 6.45) is 1.03. The Labute approximate surface area is 195 Å². The minimum absolute atomic E-state index is 0.110. The van der Waals surface area contributed by atoms with Crippen molar-refractivity contribution >= 4 is 46.6 Å². The zero-order valence-corrected chi connectivity index (χ0v) is 19.1. The van der Waals surface area contributed by atoms with E-state index in [1.165, 1.54) is 6.92 Å². The second-order valence-corrected chi connectivity index (χ2v) is 8.58. The molecule has 0 fully saturated rings. The van der Waals surface area contributed by atoms with E-state index in [0.717, 1.165) is 11.8 Å². The highest BCUT2D eigenvalue weighted by Crippen LogP contribution is 2.32. The number of hydrogen-bond donors (Lipinski definition) is 4. The first-order valence-electron chi connectivity index (χ1n) is 10.5. The molecule has 1 aliphatic heterocycles. The molecule has 0 aliphatic carbocycles. The number of benzene rings is 1. The molecule has 0 saturated carbocycles. The van der Waals surface area contributed by atoms with Crippen molar-refractivity contribution in [1.82, 2.24) is 15.0 Å². The lowest BCUT2D eigenvalue weighted by Gasteiger charge is -2.18. The Morgan fingerprint density at radius 1 is 1.15 bits per heavy atom. The van der Waals surface area contributed by atoms with Crippen molar-refractivity contribution in [2.24, 2.45) is 5.41 Å². The van der Waals surface area contributed by atoms with E-state index in [9.17, 15) is 14.0 Å². The molecule has 4 N–H and O–H groups in total. The first kappa shape index (κ1) is 22.9. The average molecular weight is 465 g/mol. The van der Waals surface area contributed by atoms with Crippen LogP contribution in [-0.2, 0) is 9.59 Å². The van der Waals surface area contributed by atoms with E-state index in [-0.39, 0.29) is 41.8 Å². The number of pyridine rings is 1. The molecule has 0 saturated heterocycles. The molecule has 176 valence electrons. The van der Waals surface area contributed by atoms with E-state index in [4.69, 9.17) is 4.74 Å². The van der Waals surface area contributed by atoms with Gasteiger partial charge in [0.05, 0.1) is 11.6 Å². The first-order valence-corrected chi connectivity index (χ1v) is 10.5. The molecule has 0 spiro atoms. The van der Waals surface area contributed by atoms with Gasteiger partial charge in [0.2, 0.25) is 17.8 Å². The zero-order chi connectivity index (χ0) is 24.5. The number of carbonyl (C=O) groups is 2. The van der Waals surface area contributed by atoms with Gasteiger partial charge < -0.3 is 26.0 Å². The smallest absolute Gasteiger partial charge is 0.234 e. The third-order valence-electron chi connectivity index (χ3n) is 4.94. The van der Waals surface area contributed by atoms with Gasteiger partial charge >= 0.3 is 0 Å². The Morgan fingerprint density at radius 3 is 2.68 bits per heavy atom. The molecule has 34 heavy (non-hydrogen) atoms. The number of nitrogens with one attached hydrogen (secondary N) is 4. The van der Waals surface area contributed by atoms with Crippen molar-refractivity contribution in [1.29, 1.82) is 0 Å². The normalized spacial score (nSPS) is 14.2. The van der Waals surface area contributed by atoms with Crippen LogP contribution in [-0.4, -0.2) is 33.4 Å². The highest BCUT2D eigenvalue weighted by molar-refractivity contribution is 5.96. The number of carbonyl (C=O) groups excluding carboxylic acids is 2. The van der Waals surface area contributed by atoms with Gasteiger partial charge in [-0.2, -0.15) is 4.98 Å². The molecule has 4 rings (SSSR count). The van der Waals surface area contributed by atoms with Crippen LogP contribution in [0.5, 0.6) is 5.75 Å². The van der Waals surface area contributed by atoms with Crippen LogP contribution in [0.2, 0.25) is 0 Å². The number of anilines is 6. The maximum atomic E-state index is 14.4. The predicted molar refractivity (Wildman–Crippen MR) is 126 cm³/mol. The number of amides is 2. The summed E-state index contributed by atoms with van der Waals surface area (Å²) in [5.74, 6) is -0.173. The van der Waals surface area contributed by atoms with Gasteiger partial charge in [0.1, 0.15) is 12.4 Å². The Morgan fingerprint density at radius 2 is 1.91 bits per heavy atom. The first-order chi connectivity index (χ1) is 16.1. The fraction of sp³-hybridized carbons (Fsp3) is 0.261.